The number of carbonyl (C=O) groups is 2. The lowest BCUT2D eigenvalue weighted by molar-refractivity contribution is -0.142. The minimum atomic E-state index is -1.07. The van der Waals surface area contributed by atoms with Crippen molar-refractivity contribution in [3.8, 4) is 0 Å². The van der Waals surface area contributed by atoms with Crippen LogP contribution in [0.25, 0.3) is 0 Å². The maximum atomic E-state index is 11.8. The van der Waals surface area contributed by atoms with Crippen LogP contribution in [0.5, 0.6) is 0 Å². The van der Waals surface area contributed by atoms with Crippen molar-refractivity contribution in [2.24, 2.45) is 11.7 Å². The number of hydrogen-bond acceptors (Lipinski definition) is 3. The van der Waals surface area contributed by atoms with E-state index in [-0.39, 0.29) is 11.8 Å². The third-order valence-corrected chi connectivity index (χ3v) is 2.71. The zero-order valence-corrected chi connectivity index (χ0v) is 10.3. The molecule has 5 heteroatoms. The summed E-state index contributed by atoms with van der Waals surface area (Å²) < 4.78 is 0. The molecule has 0 heterocycles. The summed E-state index contributed by atoms with van der Waals surface area (Å²) in [6.07, 6.45) is 0.535. The Balaban J connectivity index is 2.76. The molecule has 5 nitrogen and oxygen atoms in total. The van der Waals surface area contributed by atoms with Crippen LogP contribution in [0, 0.1) is 5.92 Å². The normalized spacial score (nSPS) is 13.7. The minimum Gasteiger partial charge on any atom is -0.479 e. The molecule has 1 unspecified atom stereocenters. The number of benzene rings is 1. The van der Waals surface area contributed by atoms with Crippen LogP contribution >= 0.6 is 0 Å². The first kappa shape index (κ1) is 14.2. The fourth-order valence-corrected chi connectivity index (χ4v) is 1.60. The van der Waals surface area contributed by atoms with Crippen LogP contribution in [0.4, 0.5) is 0 Å². The second kappa shape index (κ2) is 6.76. The molecule has 1 aromatic rings. The number of nitrogens with two attached hydrogens (primary N) is 1. The molecule has 0 aromatic heterocycles. The summed E-state index contributed by atoms with van der Waals surface area (Å²) in [5, 5.41) is 11.7. The average Bonchev–Trinajstić information content (AvgIpc) is 2.36. The minimum absolute atomic E-state index is 0.291. The van der Waals surface area contributed by atoms with E-state index >= 15 is 0 Å². The molecule has 0 fully saturated rings. The van der Waals surface area contributed by atoms with Gasteiger partial charge in [-0.3, -0.25) is 4.79 Å². The van der Waals surface area contributed by atoms with Gasteiger partial charge in [0.15, 0.2) is 6.04 Å². The van der Waals surface area contributed by atoms with Crippen molar-refractivity contribution in [1.29, 1.82) is 0 Å². The number of carboxylic acids is 1. The zero-order chi connectivity index (χ0) is 13.5. The number of rotatable bonds is 6. The van der Waals surface area contributed by atoms with Gasteiger partial charge in [-0.05, 0) is 18.5 Å². The molecule has 0 aliphatic carbocycles. The SMILES string of the molecule is CC(CCN)C(=O)N[C@@H](C(=O)O)c1ccccc1. The molecule has 0 aliphatic rings. The van der Waals surface area contributed by atoms with Crippen molar-refractivity contribution in [3.63, 3.8) is 0 Å². The monoisotopic (exact) mass is 250 g/mol. The van der Waals surface area contributed by atoms with Gasteiger partial charge in [0.25, 0.3) is 0 Å². The second-order valence-electron chi connectivity index (χ2n) is 4.17. The van der Waals surface area contributed by atoms with Crippen molar-refractivity contribution in [2.75, 3.05) is 6.54 Å². The Kier molecular flexibility index (Phi) is 5.32. The largest absolute Gasteiger partial charge is 0.479 e. The van der Waals surface area contributed by atoms with Crippen molar-refractivity contribution >= 4 is 11.9 Å². The van der Waals surface area contributed by atoms with Crippen LogP contribution in [0.3, 0.4) is 0 Å². The molecule has 1 rings (SSSR count). The highest BCUT2D eigenvalue weighted by Gasteiger charge is 2.23. The molecular formula is C13H18N2O3. The van der Waals surface area contributed by atoms with Gasteiger partial charge < -0.3 is 16.2 Å². The van der Waals surface area contributed by atoms with E-state index in [1.54, 1.807) is 37.3 Å². The standard InChI is InChI=1S/C13H18N2O3/c1-9(7-8-14)12(16)15-11(13(17)18)10-5-3-2-4-6-10/h2-6,9,11H,7-8,14H2,1H3,(H,15,16)(H,17,18)/t9?,11-/m1/s1. The van der Waals surface area contributed by atoms with Crippen LogP contribution in [0.2, 0.25) is 0 Å². The number of hydrogen-bond donors (Lipinski definition) is 3. The van der Waals surface area contributed by atoms with Crippen molar-refractivity contribution in [3.05, 3.63) is 35.9 Å². The van der Waals surface area contributed by atoms with Crippen LogP contribution in [-0.4, -0.2) is 23.5 Å². The van der Waals surface area contributed by atoms with Crippen LogP contribution < -0.4 is 11.1 Å². The topological polar surface area (TPSA) is 92.4 Å². The Hall–Kier alpha value is -1.88. The van der Waals surface area contributed by atoms with Crippen molar-refractivity contribution in [1.82, 2.24) is 5.32 Å². The van der Waals surface area contributed by atoms with E-state index in [4.69, 9.17) is 10.8 Å². The maximum Gasteiger partial charge on any atom is 0.330 e. The molecule has 4 N–H and O–H groups in total. The first-order chi connectivity index (χ1) is 8.56. The van der Waals surface area contributed by atoms with Gasteiger partial charge in [-0.25, -0.2) is 4.79 Å². The first-order valence-corrected chi connectivity index (χ1v) is 5.84. The molecule has 18 heavy (non-hydrogen) atoms. The summed E-state index contributed by atoms with van der Waals surface area (Å²) >= 11 is 0. The predicted octanol–water partition coefficient (Wildman–Crippen LogP) is 0.913. The third-order valence-electron chi connectivity index (χ3n) is 2.71. The number of carbonyl (C=O) groups excluding carboxylic acids is 1. The van der Waals surface area contributed by atoms with Gasteiger partial charge >= 0.3 is 5.97 Å². The fourth-order valence-electron chi connectivity index (χ4n) is 1.60. The van der Waals surface area contributed by atoms with E-state index in [9.17, 15) is 9.59 Å². The molecule has 98 valence electrons. The number of nitrogens with one attached hydrogen (secondary N) is 1. The van der Waals surface area contributed by atoms with Crippen LogP contribution in [0.15, 0.2) is 30.3 Å². The van der Waals surface area contributed by atoms with Gasteiger partial charge in [-0.15, -0.1) is 0 Å². The van der Waals surface area contributed by atoms with E-state index < -0.39 is 12.0 Å². The summed E-state index contributed by atoms with van der Waals surface area (Å²) in [7, 11) is 0. The Morgan fingerprint density at radius 2 is 1.94 bits per heavy atom. The molecule has 2 atom stereocenters. The number of amides is 1. The number of carboxylic acid groups (broad SMARTS) is 1. The lowest BCUT2D eigenvalue weighted by Crippen LogP contribution is -2.37. The fraction of sp³-hybridized carbons (Fsp3) is 0.385. The van der Waals surface area contributed by atoms with E-state index in [1.807, 2.05) is 0 Å². The summed E-state index contributed by atoms with van der Waals surface area (Å²) in [4.78, 5) is 23.0. The Bertz CT molecular complexity index is 406. The van der Waals surface area contributed by atoms with Gasteiger partial charge in [0.2, 0.25) is 5.91 Å². The van der Waals surface area contributed by atoms with E-state index in [0.717, 1.165) is 0 Å². The van der Waals surface area contributed by atoms with Gasteiger partial charge in [0, 0.05) is 5.92 Å². The van der Waals surface area contributed by atoms with Crippen molar-refractivity contribution < 1.29 is 14.7 Å². The molecule has 0 aliphatic heterocycles. The van der Waals surface area contributed by atoms with Crippen LogP contribution in [0.1, 0.15) is 24.9 Å². The second-order valence-corrected chi connectivity index (χ2v) is 4.17. The van der Waals surface area contributed by atoms with E-state index in [0.29, 0.717) is 18.5 Å². The molecule has 1 amide bonds. The molecule has 0 saturated carbocycles. The molecule has 0 radical (unpaired) electrons. The summed E-state index contributed by atoms with van der Waals surface area (Å²) in [5.74, 6) is -1.66. The van der Waals surface area contributed by atoms with Gasteiger partial charge in [0.05, 0.1) is 0 Å². The lowest BCUT2D eigenvalue weighted by atomic mass is 10.0. The van der Waals surface area contributed by atoms with Gasteiger partial charge in [-0.2, -0.15) is 0 Å². The Morgan fingerprint density at radius 1 is 1.33 bits per heavy atom. The zero-order valence-electron chi connectivity index (χ0n) is 10.3. The molecular weight excluding hydrogens is 232 g/mol. The van der Waals surface area contributed by atoms with Crippen LogP contribution in [-0.2, 0) is 9.59 Å². The molecule has 1 aromatic carbocycles. The number of aliphatic carboxylic acids is 1. The maximum absolute atomic E-state index is 11.8. The third kappa shape index (κ3) is 3.85. The van der Waals surface area contributed by atoms with E-state index in [1.165, 1.54) is 0 Å². The Morgan fingerprint density at radius 3 is 2.44 bits per heavy atom. The molecule has 0 bridgehead atoms. The summed E-state index contributed by atoms with van der Waals surface area (Å²) in [6.45, 7) is 2.13. The van der Waals surface area contributed by atoms with Gasteiger partial charge in [-0.1, -0.05) is 37.3 Å². The predicted molar refractivity (Wildman–Crippen MR) is 67.8 cm³/mol. The van der Waals surface area contributed by atoms with Gasteiger partial charge in [0.1, 0.15) is 0 Å². The highest BCUT2D eigenvalue weighted by Crippen LogP contribution is 2.14. The lowest BCUT2D eigenvalue weighted by Gasteiger charge is -2.17. The smallest absolute Gasteiger partial charge is 0.330 e. The Labute approximate surface area is 106 Å². The van der Waals surface area contributed by atoms with Crippen molar-refractivity contribution in [2.45, 2.75) is 19.4 Å². The summed E-state index contributed by atoms with van der Waals surface area (Å²) in [5.41, 5.74) is 5.93. The molecule has 0 saturated heterocycles. The first-order valence-electron chi connectivity index (χ1n) is 5.84. The van der Waals surface area contributed by atoms with E-state index in [2.05, 4.69) is 5.32 Å². The average molecular weight is 250 g/mol. The quantitative estimate of drug-likeness (QED) is 0.699. The molecule has 0 spiro atoms. The highest BCUT2D eigenvalue weighted by molar-refractivity contribution is 5.85. The highest BCUT2D eigenvalue weighted by atomic mass is 16.4. The summed E-state index contributed by atoms with van der Waals surface area (Å²) in [6, 6.07) is 7.60.